The average Bonchev–Trinajstić information content (AvgIpc) is 2.65. The highest BCUT2D eigenvalue weighted by atomic mass is 32.1. The Kier molecular flexibility index (Phi) is 5.07. The molecule has 0 bridgehead atoms. The number of pyridine rings is 1. The molecule has 19 heavy (non-hydrogen) atoms. The Morgan fingerprint density at radius 3 is 2.95 bits per heavy atom. The third-order valence-corrected chi connectivity index (χ3v) is 3.63. The summed E-state index contributed by atoms with van der Waals surface area (Å²) in [5, 5.41) is 9.01. The Morgan fingerprint density at radius 1 is 1.37 bits per heavy atom. The van der Waals surface area contributed by atoms with E-state index in [1.54, 1.807) is 6.20 Å². The van der Waals surface area contributed by atoms with E-state index in [1.165, 1.54) is 0 Å². The van der Waals surface area contributed by atoms with Crippen molar-refractivity contribution in [1.82, 2.24) is 9.88 Å². The molecule has 0 unspecified atom stereocenters. The SMILES string of the molecule is NC(=S)c1ccncc1N1CCCN(CCO)CC1. The van der Waals surface area contributed by atoms with Crippen molar-refractivity contribution in [2.24, 2.45) is 5.73 Å². The lowest BCUT2D eigenvalue weighted by Crippen LogP contribution is -2.33. The number of aromatic nitrogens is 1. The minimum atomic E-state index is 0.213. The highest BCUT2D eigenvalue weighted by Gasteiger charge is 2.17. The van der Waals surface area contributed by atoms with E-state index < -0.39 is 0 Å². The van der Waals surface area contributed by atoms with Gasteiger partial charge in [0.25, 0.3) is 0 Å². The molecule has 0 aliphatic carbocycles. The highest BCUT2D eigenvalue weighted by Crippen LogP contribution is 2.20. The number of aliphatic hydroxyl groups excluding tert-OH is 1. The number of hydrogen-bond donors (Lipinski definition) is 2. The molecular weight excluding hydrogens is 260 g/mol. The summed E-state index contributed by atoms with van der Waals surface area (Å²) in [6.07, 6.45) is 4.61. The van der Waals surface area contributed by atoms with Gasteiger partial charge in [-0.1, -0.05) is 12.2 Å². The first-order valence-corrected chi connectivity index (χ1v) is 6.95. The average molecular weight is 280 g/mol. The van der Waals surface area contributed by atoms with Crippen molar-refractivity contribution in [3.05, 3.63) is 24.0 Å². The van der Waals surface area contributed by atoms with Gasteiger partial charge in [-0.15, -0.1) is 0 Å². The standard InChI is InChI=1S/C13H20N4OS/c14-13(19)11-2-3-15-10-12(11)17-5-1-4-16(6-7-17)8-9-18/h2-3,10,18H,1,4-9H2,(H2,14,19). The Bertz CT molecular complexity index is 440. The topological polar surface area (TPSA) is 65.6 Å². The molecule has 2 heterocycles. The van der Waals surface area contributed by atoms with Gasteiger partial charge in [0.15, 0.2) is 0 Å². The number of thiocarbonyl (C=S) groups is 1. The minimum absolute atomic E-state index is 0.213. The van der Waals surface area contributed by atoms with Crippen molar-refractivity contribution in [3.63, 3.8) is 0 Å². The van der Waals surface area contributed by atoms with E-state index in [-0.39, 0.29) is 6.61 Å². The van der Waals surface area contributed by atoms with Crippen LogP contribution in [0.15, 0.2) is 18.5 Å². The van der Waals surface area contributed by atoms with E-state index in [0.29, 0.717) is 4.99 Å². The predicted molar refractivity (Wildman–Crippen MR) is 80.5 cm³/mol. The summed E-state index contributed by atoms with van der Waals surface area (Å²) in [4.78, 5) is 9.14. The van der Waals surface area contributed by atoms with Crippen LogP contribution in [0, 0.1) is 0 Å². The number of nitrogens with zero attached hydrogens (tertiary/aromatic N) is 3. The molecule has 0 saturated carbocycles. The van der Waals surface area contributed by atoms with E-state index in [1.807, 2.05) is 12.3 Å². The van der Waals surface area contributed by atoms with Crippen molar-refractivity contribution in [2.75, 3.05) is 44.2 Å². The second-order valence-electron chi connectivity index (χ2n) is 4.66. The van der Waals surface area contributed by atoms with Crippen molar-refractivity contribution in [3.8, 4) is 0 Å². The molecule has 0 atom stereocenters. The number of rotatable bonds is 4. The van der Waals surface area contributed by atoms with E-state index in [9.17, 15) is 0 Å². The fraction of sp³-hybridized carbons (Fsp3) is 0.538. The maximum atomic E-state index is 9.01. The predicted octanol–water partition coefficient (Wildman–Crippen LogP) is 0.220. The summed E-state index contributed by atoms with van der Waals surface area (Å²) in [6, 6.07) is 1.87. The molecule has 3 N–H and O–H groups in total. The Morgan fingerprint density at radius 2 is 2.21 bits per heavy atom. The number of hydrogen-bond acceptors (Lipinski definition) is 5. The maximum Gasteiger partial charge on any atom is 0.106 e. The molecule has 1 aromatic rings. The van der Waals surface area contributed by atoms with Gasteiger partial charge in [0, 0.05) is 37.9 Å². The second-order valence-corrected chi connectivity index (χ2v) is 5.10. The number of aliphatic hydroxyl groups is 1. The zero-order valence-electron chi connectivity index (χ0n) is 11.0. The Labute approximate surface area is 119 Å². The molecule has 6 heteroatoms. The first kappa shape index (κ1) is 14.2. The Balaban J connectivity index is 2.12. The first-order chi connectivity index (χ1) is 9.22. The molecule has 1 aliphatic rings. The molecule has 5 nitrogen and oxygen atoms in total. The van der Waals surface area contributed by atoms with Crippen molar-refractivity contribution < 1.29 is 5.11 Å². The van der Waals surface area contributed by atoms with E-state index in [2.05, 4.69) is 14.8 Å². The molecule has 0 radical (unpaired) electrons. The van der Waals surface area contributed by atoms with Gasteiger partial charge in [0.05, 0.1) is 18.5 Å². The molecule has 0 amide bonds. The lowest BCUT2D eigenvalue weighted by molar-refractivity contribution is 0.204. The number of β-amino-alcohol motifs (C(OH)–C–C–N with tert-alkyl or cyclic N) is 1. The summed E-state index contributed by atoms with van der Waals surface area (Å²) in [5.41, 5.74) is 7.67. The van der Waals surface area contributed by atoms with Crippen LogP contribution >= 0.6 is 12.2 Å². The van der Waals surface area contributed by atoms with Gasteiger partial charge < -0.3 is 15.7 Å². The van der Waals surface area contributed by atoms with Gasteiger partial charge in [-0.25, -0.2) is 0 Å². The molecule has 1 saturated heterocycles. The number of nitrogens with two attached hydrogens (primary N) is 1. The molecule has 0 spiro atoms. The normalized spacial score (nSPS) is 17.2. The van der Waals surface area contributed by atoms with Crippen molar-refractivity contribution >= 4 is 22.9 Å². The molecule has 1 aromatic heterocycles. The fourth-order valence-electron chi connectivity index (χ4n) is 2.42. The van der Waals surface area contributed by atoms with Gasteiger partial charge >= 0.3 is 0 Å². The van der Waals surface area contributed by atoms with Crippen LogP contribution in [0.1, 0.15) is 12.0 Å². The van der Waals surface area contributed by atoms with E-state index in [4.69, 9.17) is 23.1 Å². The lowest BCUT2D eigenvalue weighted by Gasteiger charge is -2.25. The summed E-state index contributed by atoms with van der Waals surface area (Å²) >= 11 is 5.10. The maximum absolute atomic E-state index is 9.01. The zero-order chi connectivity index (χ0) is 13.7. The minimum Gasteiger partial charge on any atom is -0.395 e. The molecular formula is C13H20N4OS. The summed E-state index contributed by atoms with van der Waals surface area (Å²) < 4.78 is 0. The van der Waals surface area contributed by atoms with Gasteiger partial charge in [0.2, 0.25) is 0 Å². The summed E-state index contributed by atoms with van der Waals surface area (Å²) in [6.45, 7) is 4.77. The first-order valence-electron chi connectivity index (χ1n) is 6.54. The monoisotopic (exact) mass is 280 g/mol. The van der Waals surface area contributed by atoms with Gasteiger partial charge in [-0.05, 0) is 19.0 Å². The largest absolute Gasteiger partial charge is 0.395 e. The van der Waals surface area contributed by atoms with Crippen LogP contribution in [0.4, 0.5) is 5.69 Å². The summed E-state index contributed by atoms with van der Waals surface area (Å²) in [7, 11) is 0. The van der Waals surface area contributed by atoms with Crippen molar-refractivity contribution in [1.29, 1.82) is 0 Å². The molecule has 2 rings (SSSR count). The van der Waals surface area contributed by atoms with Gasteiger partial charge in [-0.3, -0.25) is 9.88 Å². The van der Waals surface area contributed by atoms with E-state index in [0.717, 1.165) is 50.4 Å². The number of anilines is 1. The molecule has 1 fully saturated rings. The lowest BCUT2D eigenvalue weighted by atomic mass is 10.2. The van der Waals surface area contributed by atoms with Gasteiger partial charge in [0.1, 0.15) is 4.99 Å². The second kappa shape index (κ2) is 6.79. The van der Waals surface area contributed by atoms with Crippen molar-refractivity contribution in [2.45, 2.75) is 6.42 Å². The van der Waals surface area contributed by atoms with Crippen LogP contribution < -0.4 is 10.6 Å². The van der Waals surface area contributed by atoms with Crippen LogP contribution in [0.5, 0.6) is 0 Å². The highest BCUT2D eigenvalue weighted by molar-refractivity contribution is 7.80. The fourth-order valence-corrected chi connectivity index (χ4v) is 2.60. The smallest absolute Gasteiger partial charge is 0.106 e. The van der Waals surface area contributed by atoms with Gasteiger partial charge in [-0.2, -0.15) is 0 Å². The third kappa shape index (κ3) is 3.62. The van der Waals surface area contributed by atoms with Crippen LogP contribution in [0.3, 0.4) is 0 Å². The Hall–Kier alpha value is -1.24. The molecule has 104 valence electrons. The van der Waals surface area contributed by atoms with Crippen LogP contribution in [-0.2, 0) is 0 Å². The summed E-state index contributed by atoms with van der Waals surface area (Å²) in [5.74, 6) is 0. The molecule has 0 aromatic carbocycles. The van der Waals surface area contributed by atoms with Crippen LogP contribution in [0.25, 0.3) is 0 Å². The molecule has 1 aliphatic heterocycles. The van der Waals surface area contributed by atoms with Crippen LogP contribution in [-0.4, -0.2) is 59.3 Å². The quantitative estimate of drug-likeness (QED) is 0.769. The zero-order valence-corrected chi connectivity index (χ0v) is 11.8. The van der Waals surface area contributed by atoms with Crippen LogP contribution in [0.2, 0.25) is 0 Å². The van der Waals surface area contributed by atoms with E-state index >= 15 is 0 Å². The third-order valence-electron chi connectivity index (χ3n) is 3.41.